The zero-order valence-corrected chi connectivity index (χ0v) is 23.6. The van der Waals surface area contributed by atoms with Crippen LogP contribution in [0.3, 0.4) is 0 Å². The lowest BCUT2D eigenvalue weighted by atomic mass is 9.54. The molecule has 1 fully saturated rings. The third-order valence-electron chi connectivity index (χ3n) is 8.78. The highest BCUT2D eigenvalue weighted by molar-refractivity contribution is 6.25. The van der Waals surface area contributed by atoms with Gasteiger partial charge in [0.1, 0.15) is 29.5 Å². The van der Waals surface area contributed by atoms with E-state index in [1.807, 2.05) is 0 Å². The Morgan fingerprint density at radius 3 is 2.61 bits per heavy atom. The van der Waals surface area contributed by atoms with Gasteiger partial charge in [0.2, 0.25) is 17.8 Å². The fourth-order valence-electron chi connectivity index (χ4n) is 6.67. The van der Waals surface area contributed by atoms with E-state index in [1.165, 1.54) is 44.1 Å². The molecule has 2 amide bonds. The summed E-state index contributed by atoms with van der Waals surface area (Å²) >= 11 is 0. The molecule has 0 spiro atoms. The fourth-order valence-corrected chi connectivity index (χ4v) is 6.67. The smallest absolute Gasteiger partial charge is 0.261 e. The lowest BCUT2D eigenvalue weighted by Gasteiger charge is -2.53. The van der Waals surface area contributed by atoms with Crippen molar-refractivity contribution in [3.05, 3.63) is 46.2 Å². The summed E-state index contributed by atoms with van der Waals surface area (Å²) < 4.78 is 0. The third-order valence-corrected chi connectivity index (χ3v) is 8.78. The van der Waals surface area contributed by atoms with Crippen molar-refractivity contribution in [2.24, 2.45) is 32.2 Å². The van der Waals surface area contributed by atoms with E-state index in [-0.39, 0.29) is 29.3 Å². The number of benzene rings is 1. The number of hydrogen-bond acceptors (Lipinski definition) is 14. The van der Waals surface area contributed by atoms with Crippen LogP contribution >= 0.6 is 0 Å². The lowest BCUT2D eigenvalue weighted by molar-refractivity contribution is -0.159. The average Bonchev–Trinajstić information content (AvgIpc) is 3.43. The number of carbonyl (C=O) groups excluding carboxylic acids is 4. The van der Waals surface area contributed by atoms with Crippen LogP contribution in [-0.2, 0) is 24.8 Å². The average molecular weight is 609 g/mol. The molecule has 8 N–H and O–H groups in total. The minimum absolute atomic E-state index is 0.119. The normalized spacial score (nSPS) is 33.4. The molecule has 3 aliphatic carbocycles. The number of aliphatic hydroxyl groups is 4. The molecule has 6 atom stereocenters. The van der Waals surface area contributed by atoms with Crippen molar-refractivity contribution in [2.45, 2.75) is 36.6 Å². The van der Waals surface area contributed by atoms with Crippen molar-refractivity contribution < 1.29 is 44.7 Å². The first-order valence-electron chi connectivity index (χ1n) is 13.5. The van der Waals surface area contributed by atoms with Crippen molar-refractivity contribution >= 4 is 40.9 Å². The maximum absolute atomic E-state index is 14.1. The minimum Gasteiger partial charge on any atom is -0.508 e. The second kappa shape index (κ2) is 9.76. The maximum atomic E-state index is 14.1. The number of aliphatic imine (C=N–C) groups is 2. The number of guanidine groups is 1. The van der Waals surface area contributed by atoms with Crippen molar-refractivity contribution in [3.8, 4) is 5.75 Å². The van der Waals surface area contributed by atoms with Crippen molar-refractivity contribution in [1.82, 2.24) is 21.0 Å². The number of fused-ring (bicyclic) bond motifs is 4. The second-order valence-electron chi connectivity index (χ2n) is 11.5. The minimum atomic E-state index is -2.86. The summed E-state index contributed by atoms with van der Waals surface area (Å²) in [5.74, 6) is -8.81. The number of amides is 2. The van der Waals surface area contributed by atoms with Crippen LogP contribution in [0.1, 0.15) is 24.5 Å². The molecular formula is C27H28N8O9. The maximum Gasteiger partial charge on any atom is 0.261 e. The Morgan fingerprint density at radius 2 is 1.91 bits per heavy atom. The highest BCUT2D eigenvalue weighted by Crippen LogP contribution is 2.57. The number of nitrogens with zero attached hydrogens (tertiary/aromatic N) is 5. The molecule has 0 bridgehead atoms. The predicted molar refractivity (Wildman–Crippen MR) is 149 cm³/mol. The quantitative estimate of drug-likeness (QED) is 0.181. The summed E-state index contributed by atoms with van der Waals surface area (Å²) in [6, 6.07) is 1.92. The number of Topliss-reactive ketones (excluding diaryl/α,β-unsaturated/α-hetero) is 2. The van der Waals surface area contributed by atoms with Crippen LogP contribution in [0.15, 0.2) is 55.4 Å². The topological polar surface area (TPSA) is 258 Å². The molecule has 2 heterocycles. The predicted octanol–water partition coefficient (Wildman–Crippen LogP) is -1.56. The Kier molecular flexibility index (Phi) is 6.45. The summed E-state index contributed by atoms with van der Waals surface area (Å²) in [4.78, 5) is 62.6. The van der Waals surface area contributed by atoms with Gasteiger partial charge in [0, 0.05) is 17.4 Å². The Hall–Kier alpha value is -5.00. The van der Waals surface area contributed by atoms with Crippen LogP contribution in [0.4, 0.5) is 0 Å². The zero-order chi connectivity index (χ0) is 31.9. The van der Waals surface area contributed by atoms with E-state index in [4.69, 9.17) is 0 Å². The molecule has 1 aromatic carbocycles. The van der Waals surface area contributed by atoms with Gasteiger partial charge < -0.3 is 30.8 Å². The van der Waals surface area contributed by atoms with E-state index in [2.05, 4.69) is 36.4 Å². The Morgan fingerprint density at radius 1 is 1.18 bits per heavy atom. The number of phenolic OH excluding ortho intramolecular Hbond substituents is 1. The fraction of sp³-hybridized carbons (Fsp3) is 0.407. The van der Waals surface area contributed by atoms with Crippen LogP contribution < -0.4 is 16.1 Å². The second-order valence-corrected chi connectivity index (χ2v) is 11.5. The standard InChI is InChI=1S/C27H28N8O9/c1-26(43)9-5-4-6-12(36)13(9)18(37)14-10(26)7-11-17(35(2)3)19(38)15(21(40)27(11,44)20(14)39)23(41)28-8-29-25-30-22-16(24(42)31-25)32-34-33-22/h4-6,10-11,16-17,36-37,40,43-44H,7-8H2,1-3H3,(H,28,41)(H2,29,30,31,32,33,42). The SMILES string of the molecule is CN(C)C1C(=O)C(C(=O)NC/N=C2/N=C3NN=NC3C(=O)N2)=C(O)C2(O)C(=O)C3=C(O)c4c(O)cccc4C(C)(O)C3CC12. The van der Waals surface area contributed by atoms with Crippen LogP contribution in [-0.4, -0.2) is 104 Å². The third kappa shape index (κ3) is 3.89. The van der Waals surface area contributed by atoms with Gasteiger partial charge in [0.05, 0.1) is 17.2 Å². The van der Waals surface area contributed by atoms with E-state index in [1.54, 1.807) is 0 Å². The van der Waals surface area contributed by atoms with Gasteiger partial charge >= 0.3 is 0 Å². The molecule has 5 aliphatic rings. The molecule has 230 valence electrons. The molecule has 44 heavy (non-hydrogen) atoms. The van der Waals surface area contributed by atoms with Crippen molar-refractivity contribution in [3.63, 3.8) is 0 Å². The highest BCUT2D eigenvalue weighted by atomic mass is 16.3. The monoisotopic (exact) mass is 608 g/mol. The summed E-state index contributed by atoms with van der Waals surface area (Å²) in [7, 11) is 2.97. The number of aliphatic hydroxyl groups excluding tert-OH is 2. The largest absolute Gasteiger partial charge is 0.508 e. The van der Waals surface area contributed by atoms with Gasteiger partial charge in [-0.3, -0.25) is 29.4 Å². The van der Waals surface area contributed by atoms with Gasteiger partial charge in [-0.1, -0.05) is 17.4 Å². The first kappa shape index (κ1) is 29.1. The van der Waals surface area contributed by atoms with E-state index < -0.39 is 93.6 Å². The summed E-state index contributed by atoms with van der Waals surface area (Å²) in [6.07, 6.45) is -0.265. The van der Waals surface area contributed by atoms with Gasteiger partial charge in [-0.05, 0) is 39.1 Å². The van der Waals surface area contributed by atoms with E-state index in [0.29, 0.717) is 0 Å². The molecule has 0 saturated heterocycles. The number of nitrogens with one attached hydrogen (secondary N) is 3. The lowest BCUT2D eigenvalue weighted by Crippen LogP contribution is -2.67. The van der Waals surface area contributed by atoms with Crippen LogP contribution in [0.25, 0.3) is 5.76 Å². The number of aromatic hydroxyl groups is 1. The first-order valence-corrected chi connectivity index (χ1v) is 13.5. The van der Waals surface area contributed by atoms with Gasteiger partial charge in [-0.15, -0.1) is 5.11 Å². The number of rotatable bonds is 4. The summed E-state index contributed by atoms with van der Waals surface area (Å²) in [5.41, 5.74) is -3.70. The van der Waals surface area contributed by atoms with Gasteiger partial charge in [-0.25, -0.2) is 10.4 Å². The van der Waals surface area contributed by atoms with Gasteiger partial charge in [0.15, 0.2) is 17.2 Å². The number of likely N-dealkylation sites (N-methyl/N-ethyl adjacent to an activating group) is 1. The molecule has 1 aromatic rings. The Balaban J connectivity index is 1.39. The number of phenols is 1. The summed E-state index contributed by atoms with van der Waals surface area (Å²) in [6.45, 7) is 0.848. The summed E-state index contributed by atoms with van der Waals surface area (Å²) in [5, 5.41) is 68.4. The van der Waals surface area contributed by atoms with E-state index in [0.717, 1.165) is 0 Å². The number of carbonyl (C=O) groups is 4. The molecule has 6 unspecified atom stereocenters. The van der Waals surface area contributed by atoms with Crippen molar-refractivity contribution in [2.75, 3.05) is 20.8 Å². The molecule has 0 radical (unpaired) electrons. The highest BCUT2D eigenvalue weighted by Gasteiger charge is 2.66. The number of amidine groups is 1. The van der Waals surface area contributed by atoms with Crippen molar-refractivity contribution in [1.29, 1.82) is 0 Å². The van der Waals surface area contributed by atoms with Crippen LogP contribution in [0.5, 0.6) is 5.75 Å². The molecule has 2 aliphatic heterocycles. The molecule has 0 aromatic heterocycles. The molecule has 17 nitrogen and oxygen atoms in total. The zero-order valence-electron chi connectivity index (χ0n) is 23.6. The number of hydrogen-bond donors (Lipinski definition) is 8. The molecular weight excluding hydrogens is 580 g/mol. The van der Waals surface area contributed by atoms with E-state index >= 15 is 0 Å². The molecule has 1 saturated carbocycles. The Bertz CT molecular complexity index is 1710. The Labute approximate surface area is 248 Å². The first-order chi connectivity index (χ1) is 20.7. The number of ketones is 2. The van der Waals surface area contributed by atoms with Crippen LogP contribution in [0, 0.1) is 11.8 Å². The van der Waals surface area contributed by atoms with Gasteiger partial charge in [-0.2, -0.15) is 4.99 Å². The van der Waals surface area contributed by atoms with Crippen LogP contribution in [0.2, 0.25) is 0 Å². The molecule has 6 rings (SSSR count). The van der Waals surface area contributed by atoms with E-state index in [9.17, 15) is 44.7 Å². The molecule has 17 heteroatoms. The van der Waals surface area contributed by atoms with Gasteiger partial charge in [0.25, 0.3) is 11.8 Å².